The molecular weight excluding hydrogens is 256 g/mol. The highest BCUT2D eigenvalue weighted by Gasteiger charge is 2.28. The molecule has 0 aromatic carbocycles. The van der Waals surface area contributed by atoms with Crippen molar-refractivity contribution in [2.24, 2.45) is 5.92 Å². The first kappa shape index (κ1) is 14.8. The van der Waals surface area contributed by atoms with Gasteiger partial charge in [-0.25, -0.2) is 0 Å². The Morgan fingerprint density at radius 3 is 2.40 bits per heavy atom. The smallest absolute Gasteiger partial charge is 0.311 e. The maximum atomic E-state index is 11.8. The Kier molecular flexibility index (Phi) is 5.36. The van der Waals surface area contributed by atoms with Crippen molar-refractivity contribution in [1.29, 1.82) is 5.26 Å². The van der Waals surface area contributed by atoms with Crippen molar-refractivity contribution in [1.82, 2.24) is 15.1 Å². The van der Waals surface area contributed by atoms with Crippen LogP contribution in [-0.4, -0.2) is 60.9 Å². The highest BCUT2D eigenvalue weighted by molar-refractivity contribution is 6.35. The molecule has 2 rings (SSSR count). The fourth-order valence-corrected chi connectivity index (χ4v) is 2.99. The molecule has 0 spiro atoms. The van der Waals surface area contributed by atoms with E-state index in [0.717, 1.165) is 19.4 Å². The van der Waals surface area contributed by atoms with Gasteiger partial charge >= 0.3 is 11.8 Å². The molecule has 0 aromatic heterocycles. The zero-order valence-corrected chi connectivity index (χ0v) is 11.8. The van der Waals surface area contributed by atoms with Gasteiger partial charge < -0.3 is 15.1 Å². The lowest BCUT2D eigenvalue weighted by Crippen LogP contribution is -2.47. The molecular formula is C14H22N4O2. The van der Waals surface area contributed by atoms with Crippen LogP contribution in [0.25, 0.3) is 0 Å². The van der Waals surface area contributed by atoms with Crippen molar-refractivity contribution in [2.75, 3.05) is 39.3 Å². The molecule has 0 aliphatic carbocycles. The van der Waals surface area contributed by atoms with E-state index in [1.807, 2.05) is 0 Å². The second kappa shape index (κ2) is 7.25. The Morgan fingerprint density at radius 2 is 1.80 bits per heavy atom. The number of carbonyl (C=O) groups is 2. The minimum absolute atomic E-state index is 0.115. The number of rotatable bonds is 3. The van der Waals surface area contributed by atoms with E-state index in [-0.39, 0.29) is 6.54 Å². The fraction of sp³-hybridized carbons (Fsp3) is 0.786. The normalized spacial score (nSPS) is 20.6. The molecule has 1 N–H and O–H groups in total. The number of hydrogen-bond donors (Lipinski definition) is 1. The van der Waals surface area contributed by atoms with E-state index in [1.165, 1.54) is 25.9 Å². The maximum absolute atomic E-state index is 11.8. The van der Waals surface area contributed by atoms with Crippen LogP contribution in [0.2, 0.25) is 0 Å². The molecule has 2 aliphatic rings. The number of nitriles is 1. The highest BCUT2D eigenvalue weighted by Crippen LogP contribution is 2.20. The van der Waals surface area contributed by atoms with Gasteiger partial charge in [0.15, 0.2) is 0 Å². The number of hydrogen-bond acceptors (Lipinski definition) is 4. The van der Waals surface area contributed by atoms with Crippen LogP contribution in [0, 0.1) is 17.2 Å². The van der Waals surface area contributed by atoms with Gasteiger partial charge in [0.1, 0.15) is 6.54 Å². The molecule has 0 unspecified atom stereocenters. The minimum Gasteiger partial charge on any atom is -0.335 e. The van der Waals surface area contributed by atoms with Crippen LogP contribution in [0.5, 0.6) is 0 Å². The average Bonchev–Trinajstić information content (AvgIpc) is 2.97. The monoisotopic (exact) mass is 278 g/mol. The summed E-state index contributed by atoms with van der Waals surface area (Å²) in [6.07, 6.45) is 4.54. The number of piperidine rings is 1. The Bertz CT molecular complexity index is 390. The standard InChI is InChI=1S/C14H22N4O2/c15-5-6-16-13(19)14(20)18-9-3-12(4-10-18)11-17-7-1-2-8-17/h12H,1-4,6-11H2,(H,16,19). The third-order valence-electron chi connectivity index (χ3n) is 4.14. The second-order valence-corrected chi connectivity index (χ2v) is 5.58. The van der Waals surface area contributed by atoms with Crippen molar-refractivity contribution < 1.29 is 9.59 Å². The highest BCUT2D eigenvalue weighted by atomic mass is 16.2. The predicted molar refractivity (Wildman–Crippen MR) is 73.6 cm³/mol. The van der Waals surface area contributed by atoms with E-state index in [0.29, 0.717) is 19.0 Å². The summed E-state index contributed by atoms with van der Waals surface area (Å²) < 4.78 is 0. The van der Waals surface area contributed by atoms with Gasteiger partial charge in [-0.1, -0.05) is 0 Å². The quantitative estimate of drug-likeness (QED) is 0.580. The molecule has 0 aromatic rings. The van der Waals surface area contributed by atoms with Crippen molar-refractivity contribution in [3.8, 4) is 6.07 Å². The van der Waals surface area contributed by atoms with Crippen molar-refractivity contribution in [3.63, 3.8) is 0 Å². The van der Waals surface area contributed by atoms with E-state index in [9.17, 15) is 9.59 Å². The average molecular weight is 278 g/mol. The number of carbonyl (C=O) groups excluding carboxylic acids is 2. The van der Waals surface area contributed by atoms with Gasteiger partial charge in [-0.3, -0.25) is 9.59 Å². The topological polar surface area (TPSA) is 76.4 Å². The van der Waals surface area contributed by atoms with Crippen LogP contribution in [0.15, 0.2) is 0 Å². The number of likely N-dealkylation sites (tertiary alicyclic amines) is 2. The first-order valence-corrected chi connectivity index (χ1v) is 7.37. The van der Waals surface area contributed by atoms with E-state index in [2.05, 4.69) is 10.2 Å². The second-order valence-electron chi connectivity index (χ2n) is 5.58. The molecule has 6 nitrogen and oxygen atoms in total. The number of nitrogens with one attached hydrogen (secondary N) is 1. The van der Waals surface area contributed by atoms with Crippen LogP contribution >= 0.6 is 0 Å². The molecule has 0 radical (unpaired) electrons. The lowest BCUT2D eigenvalue weighted by molar-refractivity contribution is -0.146. The Labute approximate surface area is 119 Å². The third-order valence-corrected chi connectivity index (χ3v) is 4.14. The SMILES string of the molecule is N#CCNC(=O)C(=O)N1CCC(CN2CCCC2)CC1. The third kappa shape index (κ3) is 3.94. The summed E-state index contributed by atoms with van der Waals surface area (Å²) in [4.78, 5) is 27.5. The van der Waals surface area contributed by atoms with Gasteiger partial charge in [0, 0.05) is 19.6 Å². The lowest BCUT2D eigenvalue weighted by atomic mass is 9.96. The van der Waals surface area contributed by atoms with Crippen LogP contribution < -0.4 is 5.32 Å². The molecule has 2 aliphatic heterocycles. The van der Waals surface area contributed by atoms with Crippen LogP contribution in [0.1, 0.15) is 25.7 Å². The Hall–Kier alpha value is -1.61. The summed E-state index contributed by atoms with van der Waals surface area (Å²) in [5, 5.41) is 10.7. The van der Waals surface area contributed by atoms with E-state index in [4.69, 9.17) is 5.26 Å². The summed E-state index contributed by atoms with van der Waals surface area (Å²) in [5.74, 6) is -0.524. The first-order valence-electron chi connectivity index (χ1n) is 7.37. The van der Waals surface area contributed by atoms with Gasteiger partial charge in [0.05, 0.1) is 6.07 Å². The first-order chi connectivity index (χ1) is 9.70. The van der Waals surface area contributed by atoms with Crippen LogP contribution in [-0.2, 0) is 9.59 Å². The molecule has 2 fully saturated rings. The molecule has 6 heteroatoms. The molecule has 2 saturated heterocycles. The summed E-state index contributed by atoms with van der Waals surface area (Å²) in [6.45, 7) is 4.72. The zero-order chi connectivity index (χ0) is 14.4. The van der Waals surface area contributed by atoms with Crippen LogP contribution in [0.3, 0.4) is 0 Å². The largest absolute Gasteiger partial charge is 0.335 e. The van der Waals surface area contributed by atoms with E-state index in [1.54, 1.807) is 11.0 Å². The van der Waals surface area contributed by atoms with Gasteiger partial charge in [-0.2, -0.15) is 5.26 Å². The van der Waals surface area contributed by atoms with Crippen molar-refractivity contribution in [2.45, 2.75) is 25.7 Å². The van der Waals surface area contributed by atoms with Crippen LogP contribution in [0.4, 0.5) is 0 Å². The summed E-state index contributed by atoms with van der Waals surface area (Å²) in [6, 6.07) is 1.80. The Balaban J connectivity index is 1.71. The summed E-state index contributed by atoms with van der Waals surface area (Å²) in [7, 11) is 0. The summed E-state index contributed by atoms with van der Waals surface area (Å²) in [5.41, 5.74) is 0. The summed E-state index contributed by atoms with van der Waals surface area (Å²) >= 11 is 0. The van der Waals surface area contributed by atoms with Crippen molar-refractivity contribution in [3.05, 3.63) is 0 Å². The molecule has 110 valence electrons. The Morgan fingerprint density at radius 1 is 1.15 bits per heavy atom. The number of amides is 2. The van der Waals surface area contributed by atoms with Crippen molar-refractivity contribution >= 4 is 11.8 Å². The molecule has 20 heavy (non-hydrogen) atoms. The molecule has 2 amide bonds. The predicted octanol–water partition coefficient (Wildman–Crippen LogP) is -0.0394. The molecule has 0 saturated carbocycles. The van der Waals surface area contributed by atoms with E-state index >= 15 is 0 Å². The van der Waals surface area contributed by atoms with Gasteiger partial charge in [-0.15, -0.1) is 0 Å². The minimum atomic E-state index is -0.662. The van der Waals surface area contributed by atoms with Gasteiger partial charge in [-0.05, 0) is 44.7 Å². The molecule has 2 heterocycles. The fourth-order valence-electron chi connectivity index (χ4n) is 2.99. The van der Waals surface area contributed by atoms with Gasteiger partial charge in [0.2, 0.25) is 0 Å². The van der Waals surface area contributed by atoms with E-state index < -0.39 is 11.8 Å². The van der Waals surface area contributed by atoms with Gasteiger partial charge in [0.25, 0.3) is 0 Å². The lowest BCUT2D eigenvalue weighted by Gasteiger charge is -2.33. The maximum Gasteiger partial charge on any atom is 0.311 e. The molecule has 0 atom stereocenters. The number of nitrogens with zero attached hydrogens (tertiary/aromatic N) is 3. The molecule has 0 bridgehead atoms. The zero-order valence-electron chi connectivity index (χ0n) is 11.8.